The monoisotopic (exact) mass is 574 g/mol. The van der Waals surface area contributed by atoms with Gasteiger partial charge in [0.05, 0.1) is 31.7 Å². The standard InChI is InChI=1S/C30H27BrN2O3S/c1-35-24-12-3-19(4-13-24)17-21-7-16-26-27(21)32-29-33(28(26)20-5-14-25(36-2)15-6-20)30(34,18-37-29)22-8-10-23(31)11-9-22/h3-6,8-15,17,28,34H,7,16,18H2,1-2H3/b21-17+. The van der Waals surface area contributed by atoms with Gasteiger partial charge in [-0.05, 0) is 77.6 Å². The van der Waals surface area contributed by atoms with Crippen molar-refractivity contribution < 1.29 is 14.6 Å². The first kappa shape index (κ1) is 24.3. The molecule has 1 fully saturated rings. The van der Waals surface area contributed by atoms with Crippen LogP contribution in [0.4, 0.5) is 0 Å². The molecule has 3 aliphatic rings. The molecule has 0 saturated carbocycles. The van der Waals surface area contributed by atoms with Gasteiger partial charge in [-0.3, -0.25) is 0 Å². The van der Waals surface area contributed by atoms with Gasteiger partial charge in [0.25, 0.3) is 0 Å². The van der Waals surface area contributed by atoms with Crippen molar-refractivity contribution in [2.24, 2.45) is 4.99 Å². The highest BCUT2D eigenvalue weighted by atomic mass is 79.9. The molecule has 3 aromatic carbocycles. The predicted molar refractivity (Wildman–Crippen MR) is 153 cm³/mol. The summed E-state index contributed by atoms with van der Waals surface area (Å²) >= 11 is 5.14. The topological polar surface area (TPSA) is 54.3 Å². The van der Waals surface area contributed by atoms with E-state index in [1.807, 2.05) is 48.5 Å². The van der Waals surface area contributed by atoms with E-state index in [4.69, 9.17) is 14.5 Å². The number of ether oxygens (including phenoxy) is 2. The fourth-order valence-electron chi connectivity index (χ4n) is 5.36. The molecule has 0 bridgehead atoms. The van der Waals surface area contributed by atoms with Gasteiger partial charge in [0.1, 0.15) is 11.5 Å². The van der Waals surface area contributed by atoms with Crippen LogP contribution in [0.15, 0.2) is 99.1 Å². The molecule has 0 amide bonds. The number of aliphatic imine (C=N–C) groups is 1. The average molecular weight is 576 g/mol. The summed E-state index contributed by atoms with van der Waals surface area (Å²) in [5, 5.41) is 13.0. The summed E-state index contributed by atoms with van der Waals surface area (Å²) in [6.45, 7) is 0. The van der Waals surface area contributed by atoms with E-state index >= 15 is 0 Å². The van der Waals surface area contributed by atoms with Crippen molar-refractivity contribution in [2.45, 2.75) is 24.6 Å². The summed E-state index contributed by atoms with van der Waals surface area (Å²) in [7, 11) is 3.36. The molecule has 1 N–H and O–H groups in total. The number of allylic oxidation sites excluding steroid dienone is 1. The van der Waals surface area contributed by atoms with Crippen LogP contribution in [0.1, 0.15) is 35.6 Å². The third-order valence-electron chi connectivity index (χ3n) is 7.27. The number of hydrogen-bond donors (Lipinski definition) is 1. The van der Waals surface area contributed by atoms with Crippen LogP contribution in [0.25, 0.3) is 6.08 Å². The molecule has 0 radical (unpaired) electrons. The van der Waals surface area contributed by atoms with E-state index in [0.29, 0.717) is 5.75 Å². The van der Waals surface area contributed by atoms with Gasteiger partial charge in [0.2, 0.25) is 0 Å². The number of hydrogen-bond acceptors (Lipinski definition) is 6. The summed E-state index contributed by atoms with van der Waals surface area (Å²) in [4.78, 5) is 7.29. The number of fused-ring (bicyclic) bond motifs is 1. The summed E-state index contributed by atoms with van der Waals surface area (Å²) in [6.07, 6.45) is 4.03. The lowest BCUT2D eigenvalue weighted by atomic mass is 9.91. The highest BCUT2D eigenvalue weighted by Crippen LogP contribution is 2.54. The van der Waals surface area contributed by atoms with Gasteiger partial charge in [0, 0.05) is 10.0 Å². The zero-order valence-corrected chi connectivity index (χ0v) is 23.1. The van der Waals surface area contributed by atoms with Gasteiger partial charge in [0.15, 0.2) is 10.9 Å². The first-order valence-electron chi connectivity index (χ1n) is 12.2. The van der Waals surface area contributed by atoms with Crippen LogP contribution >= 0.6 is 27.7 Å². The average Bonchev–Trinajstić information content (AvgIpc) is 3.49. The van der Waals surface area contributed by atoms with E-state index in [9.17, 15) is 5.11 Å². The van der Waals surface area contributed by atoms with Crippen molar-refractivity contribution in [3.8, 4) is 11.5 Å². The van der Waals surface area contributed by atoms with Crippen LogP contribution in [-0.4, -0.2) is 35.1 Å². The first-order valence-corrected chi connectivity index (χ1v) is 14.0. The summed E-state index contributed by atoms with van der Waals surface area (Å²) in [5.74, 6) is 2.17. The Morgan fingerprint density at radius 2 is 1.59 bits per heavy atom. The number of methoxy groups -OCH3 is 2. The summed E-state index contributed by atoms with van der Waals surface area (Å²) in [5.41, 5.74) is 5.45. The number of halogens is 1. The molecule has 7 heteroatoms. The highest BCUT2D eigenvalue weighted by molar-refractivity contribution is 9.10. The van der Waals surface area contributed by atoms with E-state index in [2.05, 4.69) is 51.2 Å². The van der Waals surface area contributed by atoms with E-state index < -0.39 is 5.72 Å². The lowest BCUT2D eigenvalue weighted by molar-refractivity contribution is -0.0637. The number of aliphatic hydroxyl groups is 1. The van der Waals surface area contributed by atoms with Crippen molar-refractivity contribution in [3.05, 3.63) is 111 Å². The Hall–Kier alpha value is -3.00. The normalized spacial score (nSPS) is 23.7. The number of nitrogens with zero attached hydrogens (tertiary/aromatic N) is 2. The largest absolute Gasteiger partial charge is 0.497 e. The maximum atomic E-state index is 12.2. The van der Waals surface area contributed by atoms with Gasteiger partial charge in [-0.25, -0.2) is 4.99 Å². The second-order valence-corrected chi connectivity index (χ2v) is 11.2. The quantitative estimate of drug-likeness (QED) is 0.359. The molecule has 2 atom stereocenters. The van der Waals surface area contributed by atoms with Crippen molar-refractivity contribution in [2.75, 3.05) is 20.0 Å². The molecule has 5 nitrogen and oxygen atoms in total. The Morgan fingerprint density at radius 1 is 0.946 bits per heavy atom. The fourth-order valence-corrected chi connectivity index (χ4v) is 6.82. The number of benzene rings is 3. The van der Waals surface area contributed by atoms with Gasteiger partial charge in [-0.2, -0.15) is 0 Å². The summed E-state index contributed by atoms with van der Waals surface area (Å²) in [6, 6.07) is 24.1. The molecule has 37 heavy (non-hydrogen) atoms. The predicted octanol–water partition coefficient (Wildman–Crippen LogP) is 6.90. The second kappa shape index (κ2) is 9.71. The zero-order chi connectivity index (χ0) is 25.6. The molecule has 0 spiro atoms. The number of rotatable bonds is 5. The van der Waals surface area contributed by atoms with Gasteiger partial charge < -0.3 is 19.5 Å². The molecule has 188 valence electrons. The minimum Gasteiger partial charge on any atom is -0.497 e. The third-order valence-corrected chi connectivity index (χ3v) is 8.89. The lowest BCUT2D eigenvalue weighted by Gasteiger charge is -2.43. The van der Waals surface area contributed by atoms with Gasteiger partial charge in [-0.1, -0.05) is 64.1 Å². The molecule has 1 saturated heterocycles. The van der Waals surface area contributed by atoms with Crippen molar-refractivity contribution in [3.63, 3.8) is 0 Å². The van der Waals surface area contributed by atoms with Crippen molar-refractivity contribution in [1.29, 1.82) is 0 Å². The minimum atomic E-state index is -1.17. The fraction of sp³-hybridized carbons (Fsp3) is 0.233. The number of thioether (sulfide) groups is 1. The molecule has 3 aromatic rings. The Morgan fingerprint density at radius 3 is 2.24 bits per heavy atom. The summed E-state index contributed by atoms with van der Waals surface area (Å²) < 4.78 is 11.7. The van der Waals surface area contributed by atoms with Crippen LogP contribution in [0.2, 0.25) is 0 Å². The molecule has 2 unspecified atom stereocenters. The maximum absolute atomic E-state index is 12.2. The third kappa shape index (κ3) is 4.29. The minimum absolute atomic E-state index is 0.126. The van der Waals surface area contributed by atoms with E-state index in [-0.39, 0.29) is 6.04 Å². The van der Waals surface area contributed by atoms with Crippen LogP contribution < -0.4 is 9.47 Å². The number of amidine groups is 1. The van der Waals surface area contributed by atoms with Crippen molar-refractivity contribution >= 4 is 38.9 Å². The Labute approximate surface area is 229 Å². The van der Waals surface area contributed by atoms with Crippen molar-refractivity contribution in [1.82, 2.24) is 4.90 Å². The zero-order valence-electron chi connectivity index (χ0n) is 20.6. The van der Waals surface area contributed by atoms with Crippen LogP contribution in [0.5, 0.6) is 11.5 Å². The Balaban J connectivity index is 1.46. The van der Waals surface area contributed by atoms with Crippen LogP contribution in [-0.2, 0) is 5.72 Å². The SMILES string of the molecule is COc1ccc(/C=C2\CCC3=C2N=C2SCC(O)(c4ccc(Br)cc4)N2C3c2ccc(OC)cc2)cc1. The molecule has 1 aliphatic carbocycles. The Kier molecular flexibility index (Phi) is 6.39. The highest BCUT2D eigenvalue weighted by Gasteiger charge is 2.52. The Bertz CT molecular complexity index is 1410. The van der Waals surface area contributed by atoms with E-state index in [1.54, 1.807) is 26.0 Å². The van der Waals surface area contributed by atoms with Crippen LogP contribution in [0, 0.1) is 0 Å². The second-order valence-electron chi connectivity index (χ2n) is 9.37. The van der Waals surface area contributed by atoms with Gasteiger partial charge in [-0.15, -0.1) is 0 Å². The first-order chi connectivity index (χ1) is 18.0. The molecular weight excluding hydrogens is 548 g/mol. The molecule has 6 rings (SSSR count). The smallest absolute Gasteiger partial charge is 0.176 e. The maximum Gasteiger partial charge on any atom is 0.176 e. The van der Waals surface area contributed by atoms with Crippen LogP contribution in [0.3, 0.4) is 0 Å². The van der Waals surface area contributed by atoms with E-state index in [0.717, 1.165) is 56.4 Å². The molecule has 2 aliphatic heterocycles. The molecular formula is C30H27BrN2O3S. The molecule has 0 aromatic heterocycles. The van der Waals surface area contributed by atoms with E-state index in [1.165, 1.54) is 11.1 Å². The molecule has 2 heterocycles. The lowest BCUT2D eigenvalue weighted by Crippen LogP contribution is -2.48. The van der Waals surface area contributed by atoms with Gasteiger partial charge >= 0.3 is 0 Å².